The Morgan fingerprint density at radius 3 is 2.77 bits per heavy atom. The first-order valence-electron chi connectivity index (χ1n) is 8.95. The zero-order valence-corrected chi connectivity index (χ0v) is 16.7. The lowest BCUT2D eigenvalue weighted by molar-refractivity contribution is 0.406. The maximum Gasteiger partial charge on any atom is 0.292 e. The number of benzene rings is 2. The van der Waals surface area contributed by atoms with Gasteiger partial charge in [-0.3, -0.25) is 4.79 Å². The Bertz CT molecular complexity index is 1300. The first-order valence-corrected chi connectivity index (χ1v) is 9.33. The van der Waals surface area contributed by atoms with Crippen molar-refractivity contribution in [2.75, 3.05) is 12.4 Å². The number of para-hydroxylation sites is 1. The third kappa shape index (κ3) is 3.50. The standard InChI is InChI=1S/C21H16ClF2N3O3/c1-11(18-8-12-4-3-5-17(29-2)20(12)30-18)26-15-10-25-27(21(28)19(15)22)16-7-6-13(23)9-14(16)24/h3-11,26H,1-2H3. The molecule has 0 saturated carbocycles. The number of nitrogens with zero attached hydrogens (tertiary/aromatic N) is 2. The fourth-order valence-electron chi connectivity index (χ4n) is 3.09. The molecule has 0 radical (unpaired) electrons. The van der Waals surface area contributed by atoms with Crippen molar-refractivity contribution in [3.63, 3.8) is 0 Å². The number of aromatic nitrogens is 2. The van der Waals surface area contributed by atoms with Crippen LogP contribution in [0.2, 0.25) is 5.02 Å². The van der Waals surface area contributed by atoms with Gasteiger partial charge in [0.25, 0.3) is 5.56 Å². The molecule has 0 aliphatic heterocycles. The summed E-state index contributed by atoms with van der Waals surface area (Å²) in [6, 6.07) is 9.85. The number of furan rings is 1. The fourth-order valence-corrected chi connectivity index (χ4v) is 3.28. The highest BCUT2D eigenvalue weighted by Gasteiger charge is 2.18. The predicted molar refractivity (Wildman–Crippen MR) is 110 cm³/mol. The van der Waals surface area contributed by atoms with E-state index in [1.807, 2.05) is 25.1 Å². The minimum atomic E-state index is -0.925. The van der Waals surface area contributed by atoms with Crippen molar-refractivity contribution >= 4 is 28.3 Å². The molecule has 1 atom stereocenters. The van der Waals surface area contributed by atoms with E-state index in [0.29, 0.717) is 23.2 Å². The second kappa shape index (κ2) is 7.79. The molecule has 4 rings (SSSR count). The summed E-state index contributed by atoms with van der Waals surface area (Å²) in [6.45, 7) is 1.83. The van der Waals surface area contributed by atoms with Gasteiger partial charge >= 0.3 is 0 Å². The molecule has 4 aromatic rings. The average Bonchev–Trinajstić information content (AvgIpc) is 3.17. The van der Waals surface area contributed by atoms with Crippen LogP contribution in [0.1, 0.15) is 18.7 Å². The molecule has 30 heavy (non-hydrogen) atoms. The van der Waals surface area contributed by atoms with Gasteiger partial charge in [0.15, 0.2) is 17.1 Å². The number of methoxy groups -OCH3 is 1. The lowest BCUT2D eigenvalue weighted by atomic mass is 10.2. The summed E-state index contributed by atoms with van der Waals surface area (Å²) in [6.07, 6.45) is 1.30. The normalized spacial score (nSPS) is 12.2. The summed E-state index contributed by atoms with van der Waals surface area (Å²) in [5, 5.41) is 7.71. The smallest absolute Gasteiger partial charge is 0.292 e. The first-order chi connectivity index (χ1) is 14.4. The van der Waals surface area contributed by atoms with E-state index in [0.717, 1.165) is 22.2 Å². The Morgan fingerprint density at radius 1 is 1.23 bits per heavy atom. The second-order valence-corrected chi connectivity index (χ2v) is 6.96. The fraction of sp³-hybridized carbons (Fsp3) is 0.143. The van der Waals surface area contributed by atoms with E-state index in [1.165, 1.54) is 6.20 Å². The summed E-state index contributed by atoms with van der Waals surface area (Å²) in [7, 11) is 1.56. The molecule has 154 valence electrons. The van der Waals surface area contributed by atoms with Crippen LogP contribution in [0.25, 0.3) is 16.7 Å². The van der Waals surface area contributed by atoms with Gasteiger partial charge in [-0.25, -0.2) is 8.78 Å². The molecule has 2 aromatic carbocycles. The van der Waals surface area contributed by atoms with Crippen molar-refractivity contribution in [1.82, 2.24) is 9.78 Å². The maximum absolute atomic E-state index is 14.0. The number of rotatable bonds is 5. The molecule has 9 heteroatoms. The van der Waals surface area contributed by atoms with Crippen LogP contribution in [0.5, 0.6) is 5.75 Å². The molecule has 0 saturated heterocycles. The van der Waals surface area contributed by atoms with E-state index < -0.39 is 17.2 Å². The van der Waals surface area contributed by atoms with Crippen molar-refractivity contribution < 1.29 is 17.9 Å². The Labute approximate surface area is 174 Å². The molecular formula is C21H16ClF2N3O3. The zero-order chi connectivity index (χ0) is 21.4. The van der Waals surface area contributed by atoms with Gasteiger partial charge in [0.05, 0.1) is 25.0 Å². The highest BCUT2D eigenvalue weighted by atomic mass is 35.5. The molecule has 0 aliphatic carbocycles. The van der Waals surface area contributed by atoms with Crippen LogP contribution in [0, 0.1) is 11.6 Å². The van der Waals surface area contributed by atoms with Crippen LogP contribution in [-0.4, -0.2) is 16.9 Å². The van der Waals surface area contributed by atoms with Gasteiger partial charge in [-0.05, 0) is 31.2 Å². The van der Waals surface area contributed by atoms with Crippen LogP contribution in [0.4, 0.5) is 14.5 Å². The minimum absolute atomic E-state index is 0.186. The zero-order valence-electron chi connectivity index (χ0n) is 15.9. The van der Waals surface area contributed by atoms with E-state index >= 15 is 0 Å². The third-order valence-electron chi connectivity index (χ3n) is 4.60. The third-order valence-corrected chi connectivity index (χ3v) is 4.97. The van der Waals surface area contributed by atoms with E-state index in [2.05, 4.69) is 10.4 Å². The Kier molecular flexibility index (Phi) is 5.17. The van der Waals surface area contributed by atoms with Gasteiger partial charge in [-0.15, -0.1) is 0 Å². The van der Waals surface area contributed by atoms with Gasteiger partial charge in [0, 0.05) is 11.5 Å². The summed E-state index contributed by atoms with van der Waals surface area (Å²) < 4.78 is 39.1. The molecule has 6 nitrogen and oxygen atoms in total. The second-order valence-electron chi connectivity index (χ2n) is 6.58. The van der Waals surface area contributed by atoms with E-state index in [4.69, 9.17) is 20.8 Å². The summed E-state index contributed by atoms with van der Waals surface area (Å²) in [5.41, 5.74) is -0.0895. The van der Waals surface area contributed by atoms with Crippen LogP contribution < -0.4 is 15.6 Å². The van der Waals surface area contributed by atoms with Gasteiger partial charge in [0.1, 0.15) is 22.3 Å². The van der Waals surface area contributed by atoms with Crippen LogP contribution in [-0.2, 0) is 0 Å². The van der Waals surface area contributed by atoms with Crippen LogP contribution >= 0.6 is 11.6 Å². The molecule has 2 aromatic heterocycles. The lowest BCUT2D eigenvalue weighted by Gasteiger charge is -2.15. The molecular weight excluding hydrogens is 416 g/mol. The van der Waals surface area contributed by atoms with Crippen molar-refractivity contribution in [3.05, 3.63) is 81.4 Å². The summed E-state index contributed by atoms with van der Waals surface area (Å²) in [4.78, 5) is 12.6. The van der Waals surface area contributed by atoms with E-state index in [9.17, 15) is 13.6 Å². The van der Waals surface area contributed by atoms with Gasteiger partial charge < -0.3 is 14.5 Å². The monoisotopic (exact) mass is 431 g/mol. The summed E-state index contributed by atoms with van der Waals surface area (Å²) in [5.74, 6) is -0.482. The molecule has 0 spiro atoms. The average molecular weight is 432 g/mol. The molecule has 1 unspecified atom stereocenters. The molecule has 1 N–H and O–H groups in total. The van der Waals surface area contributed by atoms with Crippen molar-refractivity contribution in [2.45, 2.75) is 13.0 Å². The Hall–Kier alpha value is -3.39. The lowest BCUT2D eigenvalue weighted by Crippen LogP contribution is -2.24. The largest absolute Gasteiger partial charge is 0.493 e. The van der Waals surface area contributed by atoms with Gasteiger partial charge in [-0.2, -0.15) is 9.78 Å². The summed E-state index contributed by atoms with van der Waals surface area (Å²) >= 11 is 6.21. The Balaban J connectivity index is 1.65. The van der Waals surface area contributed by atoms with Gasteiger partial charge in [-0.1, -0.05) is 23.7 Å². The maximum atomic E-state index is 14.0. The molecule has 0 fully saturated rings. The quantitative estimate of drug-likeness (QED) is 0.476. The van der Waals surface area contributed by atoms with E-state index in [1.54, 1.807) is 13.2 Å². The number of fused-ring (bicyclic) bond motifs is 1. The highest BCUT2D eigenvalue weighted by molar-refractivity contribution is 6.33. The van der Waals surface area contributed by atoms with E-state index in [-0.39, 0.29) is 22.4 Å². The van der Waals surface area contributed by atoms with Gasteiger partial charge in [0.2, 0.25) is 0 Å². The molecule has 0 amide bonds. The van der Waals surface area contributed by atoms with Crippen molar-refractivity contribution in [1.29, 1.82) is 0 Å². The topological polar surface area (TPSA) is 69.3 Å². The molecule has 0 bridgehead atoms. The number of anilines is 1. The number of hydrogen-bond acceptors (Lipinski definition) is 5. The molecule has 0 aliphatic rings. The number of nitrogens with one attached hydrogen (secondary N) is 1. The Morgan fingerprint density at radius 2 is 2.03 bits per heavy atom. The predicted octanol–water partition coefficient (Wildman–Crippen LogP) is 5.09. The molecule has 2 heterocycles. The van der Waals surface area contributed by atoms with Crippen molar-refractivity contribution in [3.8, 4) is 11.4 Å². The van der Waals surface area contributed by atoms with Crippen LogP contribution in [0.15, 0.2) is 57.9 Å². The number of ether oxygens (including phenoxy) is 1. The van der Waals surface area contributed by atoms with Crippen LogP contribution in [0.3, 0.4) is 0 Å². The number of halogens is 3. The SMILES string of the molecule is COc1cccc2cc(C(C)Nc3cnn(-c4ccc(F)cc4F)c(=O)c3Cl)oc12. The highest BCUT2D eigenvalue weighted by Crippen LogP contribution is 2.32. The first kappa shape index (κ1) is 19.9. The minimum Gasteiger partial charge on any atom is -0.493 e. The van der Waals surface area contributed by atoms with Crippen molar-refractivity contribution in [2.24, 2.45) is 0 Å². The number of hydrogen-bond donors (Lipinski definition) is 1.